The van der Waals surface area contributed by atoms with Crippen LogP contribution in [0.15, 0.2) is 21.5 Å². The summed E-state index contributed by atoms with van der Waals surface area (Å²) in [5, 5.41) is 0. The molecule has 94 valence electrons. The van der Waals surface area contributed by atoms with Crippen molar-refractivity contribution in [2.24, 2.45) is 5.73 Å². The Balaban J connectivity index is 2.47. The number of benzene rings is 1. The second-order valence-electron chi connectivity index (χ2n) is 3.78. The third-order valence-corrected chi connectivity index (χ3v) is 5.23. The van der Waals surface area contributed by atoms with Gasteiger partial charge in [0.2, 0.25) is 10.0 Å². The van der Waals surface area contributed by atoms with Crippen LogP contribution in [0.1, 0.15) is 0 Å². The van der Waals surface area contributed by atoms with Crippen LogP contribution in [0.4, 0.5) is 8.78 Å². The van der Waals surface area contributed by atoms with Crippen LogP contribution in [0.3, 0.4) is 0 Å². The van der Waals surface area contributed by atoms with E-state index in [0.29, 0.717) is 6.07 Å². The highest BCUT2D eigenvalue weighted by Crippen LogP contribution is 2.30. The van der Waals surface area contributed by atoms with Gasteiger partial charge in [0.05, 0.1) is 0 Å². The van der Waals surface area contributed by atoms with Crippen LogP contribution < -0.4 is 5.73 Å². The zero-order valence-corrected chi connectivity index (χ0v) is 10.9. The first-order valence-electron chi connectivity index (χ1n) is 4.72. The lowest BCUT2D eigenvalue weighted by Crippen LogP contribution is -2.57. The summed E-state index contributed by atoms with van der Waals surface area (Å²) in [6.07, 6.45) is 0. The van der Waals surface area contributed by atoms with Crippen LogP contribution in [0.25, 0.3) is 0 Å². The molecule has 4 nitrogen and oxygen atoms in total. The molecule has 1 fully saturated rings. The summed E-state index contributed by atoms with van der Waals surface area (Å²) in [6, 6.07) is 1.22. The fraction of sp³-hybridized carbons (Fsp3) is 0.333. The SMILES string of the molecule is NC1CN(S(=O)(=O)c2c(F)cc(F)cc2Br)C1. The van der Waals surface area contributed by atoms with Crippen LogP contribution in [-0.2, 0) is 10.0 Å². The average molecular weight is 327 g/mol. The fourth-order valence-corrected chi connectivity index (χ4v) is 4.24. The summed E-state index contributed by atoms with van der Waals surface area (Å²) in [7, 11) is -3.95. The number of hydrogen-bond donors (Lipinski definition) is 1. The van der Waals surface area contributed by atoms with Crippen molar-refractivity contribution >= 4 is 26.0 Å². The van der Waals surface area contributed by atoms with Crippen molar-refractivity contribution in [3.8, 4) is 0 Å². The number of hydrogen-bond acceptors (Lipinski definition) is 3. The quantitative estimate of drug-likeness (QED) is 0.883. The van der Waals surface area contributed by atoms with Gasteiger partial charge in [-0.3, -0.25) is 0 Å². The summed E-state index contributed by atoms with van der Waals surface area (Å²) in [5.41, 5.74) is 5.47. The van der Waals surface area contributed by atoms with Gasteiger partial charge in [0, 0.05) is 29.7 Å². The normalized spacial score (nSPS) is 18.1. The molecule has 2 N–H and O–H groups in total. The Morgan fingerprint density at radius 1 is 1.35 bits per heavy atom. The van der Waals surface area contributed by atoms with E-state index in [2.05, 4.69) is 15.9 Å². The monoisotopic (exact) mass is 326 g/mol. The van der Waals surface area contributed by atoms with E-state index in [4.69, 9.17) is 5.73 Å². The van der Waals surface area contributed by atoms with Gasteiger partial charge in [0.1, 0.15) is 16.5 Å². The predicted molar refractivity (Wildman–Crippen MR) is 60.8 cm³/mol. The minimum atomic E-state index is -3.95. The molecule has 0 spiro atoms. The third kappa shape index (κ3) is 2.22. The Bertz CT molecular complexity index is 535. The molecule has 1 aromatic carbocycles. The van der Waals surface area contributed by atoms with E-state index in [-0.39, 0.29) is 23.6 Å². The van der Waals surface area contributed by atoms with Crippen molar-refractivity contribution in [3.63, 3.8) is 0 Å². The lowest BCUT2D eigenvalue weighted by Gasteiger charge is -2.35. The second-order valence-corrected chi connectivity index (χ2v) is 6.51. The number of nitrogens with two attached hydrogens (primary N) is 1. The predicted octanol–water partition coefficient (Wildman–Crippen LogP) is 1.06. The van der Waals surface area contributed by atoms with Gasteiger partial charge < -0.3 is 5.73 Å². The Morgan fingerprint density at radius 2 is 1.94 bits per heavy atom. The lowest BCUT2D eigenvalue weighted by atomic mass is 10.2. The minimum Gasteiger partial charge on any atom is -0.325 e. The Morgan fingerprint density at radius 3 is 2.41 bits per heavy atom. The molecule has 8 heteroatoms. The Kier molecular flexibility index (Phi) is 3.23. The maximum atomic E-state index is 13.5. The Labute approximate surface area is 106 Å². The molecule has 0 unspecified atom stereocenters. The molecule has 1 saturated heterocycles. The van der Waals surface area contributed by atoms with Gasteiger partial charge in [-0.15, -0.1) is 0 Å². The summed E-state index contributed by atoms with van der Waals surface area (Å²) in [5.74, 6) is -1.95. The molecule has 0 atom stereocenters. The van der Waals surface area contributed by atoms with Gasteiger partial charge in [-0.25, -0.2) is 17.2 Å². The van der Waals surface area contributed by atoms with Gasteiger partial charge in [-0.2, -0.15) is 4.31 Å². The van der Waals surface area contributed by atoms with Gasteiger partial charge in [-0.05, 0) is 22.0 Å². The van der Waals surface area contributed by atoms with Crippen molar-refractivity contribution in [2.75, 3.05) is 13.1 Å². The van der Waals surface area contributed by atoms with E-state index in [0.717, 1.165) is 10.4 Å². The molecule has 0 aliphatic carbocycles. The van der Waals surface area contributed by atoms with Crippen molar-refractivity contribution in [1.82, 2.24) is 4.31 Å². The summed E-state index contributed by atoms with van der Waals surface area (Å²) < 4.78 is 51.3. The molecule has 0 aromatic heterocycles. The van der Waals surface area contributed by atoms with Crippen LogP contribution in [-0.4, -0.2) is 31.9 Å². The molecule has 17 heavy (non-hydrogen) atoms. The smallest absolute Gasteiger partial charge is 0.247 e. The number of rotatable bonds is 2. The summed E-state index contributed by atoms with van der Waals surface area (Å²) in [4.78, 5) is -0.550. The van der Waals surface area contributed by atoms with E-state index in [1.807, 2.05) is 0 Å². The molecule has 0 bridgehead atoms. The molecule has 1 aliphatic heterocycles. The second kappa shape index (κ2) is 4.27. The highest BCUT2D eigenvalue weighted by molar-refractivity contribution is 9.10. The van der Waals surface area contributed by atoms with Crippen LogP contribution in [0.2, 0.25) is 0 Å². The van der Waals surface area contributed by atoms with E-state index < -0.39 is 26.6 Å². The topological polar surface area (TPSA) is 63.4 Å². The van der Waals surface area contributed by atoms with Crippen LogP contribution in [0, 0.1) is 11.6 Å². The summed E-state index contributed by atoms with van der Waals surface area (Å²) >= 11 is 2.85. The van der Waals surface area contributed by atoms with E-state index >= 15 is 0 Å². The molecule has 0 radical (unpaired) electrons. The maximum Gasteiger partial charge on any atom is 0.247 e. The number of nitrogens with zero attached hydrogens (tertiary/aromatic N) is 1. The zero-order chi connectivity index (χ0) is 12.8. The molecule has 0 amide bonds. The van der Waals surface area contributed by atoms with Gasteiger partial charge in [-0.1, -0.05) is 0 Å². The van der Waals surface area contributed by atoms with Gasteiger partial charge in [0.15, 0.2) is 0 Å². The lowest BCUT2D eigenvalue weighted by molar-refractivity contribution is 0.264. The highest BCUT2D eigenvalue weighted by atomic mass is 79.9. The van der Waals surface area contributed by atoms with Crippen molar-refractivity contribution in [3.05, 3.63) is 28.2 Å². The van der Waals surface area contributed by atoms with Gasteiger partial charge in [0.25, 0.3) is 0 Å². The molecule has 1 aromatic rings. The fourth-order valence-electron chi connectivity index (χ4n) is 1.57. The summed E-state index contributed by atoms with van der Waals surface area (Å²) in [6.45, 7) is 0.289. The van der Waals surface area contributed by atoms with Crippen LogP contribution in [0.5, 0.6) is 0 Å². The minimum absolute atomic E-state index is 0.129. The first-order valence-corrected chi connectivity index (χ1v) is 6.96. The molecule has 2 rings (SSSR count). The maximum absolute atomic E-state index is 13.5. The zero-order valence-electron chi connectivity index (χ0n) is 8.53. The van der Waals surface area contributed by atoms with E-state index in [1.54, 1.807) is 0 Å². The molecular formula is C9H9BrF2N2O2S. The third-order valence-electron chi connectivity index (χ3n) is 2.44. The van der Waals surface area contributed by atoms with Crippen molar-refractivity contribution < 1.29 is 17.2 Å². The van der Waals surface area contributed by atoms with Crippen LogP contribution >= 0.6 is 15.9 Å². The standard InChI is InChI=1S/C9H9BrF2N2O2S/c10-7-1-5(11)2-8(12)9(7)17(15,16)14-3-6(13)4-14/h1-2,6H,3-4,13H2. The average Bonchev–Trinajstić information content (AvgIpc) is 2.10. The van der Waals surface area contributed by atoms with Gasteiger partial charge >= 0.3 is 0 Å². The molecule has 1 aliphatic rings. The number of sulfonamides is 1. The van der Waals surface area contributed by atoms with Crippen molar-refractivity contribution in [1.29, 1.82) is 0 Å². The highest BCUT2D eigenvalue weighted by Gasteiger charge is 2.37. The first kappa shape index (κ1) is 12.9. The molecule has 1 heterocycles. The largest absolute Gasteiger partial charge is 0.325 e. The number of halogens is 3. The van der Waals surface area contributed by atoms with E-state index in [1.165, 1.54) is 0 Å². The molecule has 0 saturated carbocycles. The molecular weight excluding hydrogens is 318 g/mol. The van der Waals surface area contributed by atoms with E-state index in [9.17, 15) is 17.2 Å². The Hall–Kier alpha value is -0.570. The van der Waals surface area contributed by atoms with Crippen molar-refractivity contribution in [2.45, 2.75) is 10.9 Å². The first-order chi connectivity index (χ1) is 7.82.